The predicted molar refractivity (Wildman–Crippen MR) is 114 cm³/mol. The van der Waals surface area contributed by atoms with Gasteiger partial charge in [0.1, 0.15) is 5.75 Å². The fourth-order valence-electron chi connectivity index (χ4n) is 3.19. The summed E-state index contributed by atoms with van der Waals surface area (Å²) >= 11 is 0. The molecule has 2 rings (SSSR count). The lowest BCUT2D eigenvalue weighted by Gasteiger charge is -2.30. The lowest BCUT2D eigenvalue weighted by molar-refractivity contribution is -0.120. The molecule has 1 saturated heterocycles. The number of piperidine rings is 1. The number of guanidine groups is 1. The average Bonchev–Trinajstić information content (AvgIpc) is 2.73. The number of hydrogen-bond donors (Lipinski definition) is 3. The number of carbonyl (C=O) groups is 1. The Morgan fingerprint density at radius 3 is 2.54 bits per heavy atom. The molecule has 7 heteroatoms. The second-order valence-corrected chi connectivity index (χ2v) is 7.36. The molecule has 1 aromatic rings. The summed E-state index contributed by atoms with van der Waals surface area (Å²) in [6, 6.07) is 7.65. The van der Waals surface area contributed by atoms with Crippen LogP contribution in [0.15, 0.2) is 29.3 Å². The smallest absolute Gasteiger partial charge is 0.239 e. The van der Waals surface area contributed by atoms with E-state index in [0.29, 0.717) is 12.5 Å². The Morgan fingerprint density at radius 2 is 1.89 bits per heavy atom. The van der Waals surface area contributed by atoms with Crippen molar-refractivity contribution in [1.29, 1.82) is 0 Å². The number of hydrogen-bond acceptors (Lipinski definition) is 4. The molecule has 1 aliphatic heterocycles. The third-order valence-corrected chi connectivity index (χ3v) is 5.11. The first-order valence-corrected chi connectivity index (χ1v) is 10.2. The summed E-state index contributed by atoms with van der Waals surface area (Å²) in [4.78, 5) is 18.7. The summed E-state index contributed by atoms with van der Waals surface area (Å²) in [6.45, 7) is 7.40. The molecule has 0 bridgehead atoms. The lowest BCUT2D eigenvalue weighted by Crippen LogP contribution is -2.43. The highest BCUT2D eigenvalue weighted by molar-refractivity contribution is 5.86. The van der Waals surface area contributed by atoms with E-state index in [1.54, 1.807) is 14.2 Å². The van der Waals surface area contributed by atoms with Crippen LogP contribution in [0.25, 0.3) is 0 Å². The third-order valence-electron chi connectivity index (χ3n) is 5.11. The molecule has 156 valence electrons. The molecule has 0 aliphatic carbocycles. The second-order valence-electron chi connectivity index (χ2n) is 7.36. The number of rotatable bonds is 9. The number of amides is 1. The molecular formula is C21H35N5O2. The van der Waals surface area contributed by atoms with E-state index in [-0.39, 0.29) is 12.5 Å². The fourth-order valence-corrected chi connectivity index (χ4v) is 3.19. The molecule has 28 heavy (non-hydrogen) atoms. The monoisotopic (exact) mass is 389 g/mol. The highest BCUT2D eigenvalue weighted by Gasteiger charge is 2.14. The van der Waals surface area contributed by atoms with Crippen LogP contribution in [0.5, 0.6) is 5.75 Å². The Balaban J connectivity index is 1.57. The second kappa shape index (κ2) is 12.2. The summed E-state index contributed by atoms with van der Waals surface area (Å²) in [7, 11) is 3.36. The first kappa shape index (κ1) is 22.0. The van der Waals surface area contributed by atoms with Gasteiger partial charge in [0.25, 0.3) is 0 Å². The third kappa shape index (κ3) is 8.17. The molecule has 3 N–H and O–H groups in total. The zero-order valence-electron chi connectivity index (χ0n) is 17.5. The minimum atomic E-state index is -0.0683. The first-order chi connectivity index (χ1) is 13.6. The first-order valence-electron chi connectivity index (χ1n) is 10.2. The Kier molecular flexibility index (Phi) is 9.62. The van der Waals surface area contributed by atoms with Gasteiger partial charge in [0.15, 0.2) is 5.96 Å². The maximum Gasteiger partial charge on any atom is 0.239 e. The standard InChI is InChI=1S/C21H35N5O2/c1-17-9-13-26(14-10-17)12-4-11-23-21(22-2)25-16-20(27)24-15-18-5-7-19(28-3)8-6-18/h5-8,17H,4,9-16H2,1-3H3,(H,24,27)(H2,22,23,25). The van der Waals surface area contributed by atoms with Crippen LogP contribution in [0.3, 0.4) is 0 Å². The average molecular weight is 390 g/mol. The molecule has 0 atom stereocenters. The molecule has 1 fully saturated rings. The van der Waals surface area contributed by atoms with Crippen molar-refractivity contribution in [1.82, 2.24) is 20.9 Å². The molecule has 7 nitrogen and oxygen atoms in total. The van der Waals surface area contributed by atoms with E-state index in [2.05, 4.69) is 32.8 Å². The number of nitrogens with zero attached hydrogens (tertiary/aromatic N) is 2. The van der Waals surface area contributed by atoms with Gasteiger partial charge in [0.2, 0.25) is 5.91 Å². The molecule has 0 aromatic heterocycles. The minimum absolute atomic E-state index is 0.0683. The van der Waals surface area contributed by atoms with Crippen molar-refractivity contribution in [3.63, 3.8) is 0 Å². The normalized spacial score (nSPS) is 15.9. The van der Waals surface area contributed by atoms with Crippen LogP contribution < -0.4 is 20.7 Å². The van der Waals surface area contributed by atoms with Gasteiger partial charge in [0.05, 0.1) is 13.7 Å². The van der Waals surface area contributed by atoms with Crippen molar-refractivity contribution in [3.05, 3.63) is 29.8 Å². The Labute approximate surface area is 168 Å². The molecule has 0 spiro atoms. The van der Waals surface area contributed by atoms with Crippen molar-refractivity contribution >= 4 is 11.9 Å². The van der Waals surface area contributed by atoms with Crippen molar-refractivity contribution in [3.8, 4) is 5.75 Å². The van der Waals surface area contributed by atoms with Gasteiger partial charge in [-0.3, -0.25) is 9.79 Å². The lowest BCUT2D eigenvalue weighted by atomic mass is 9.99. The van der Waals surface area contributed by atoms with E-state index in [4.69, 9.17) is 4.74 Å². The molecule has 1 aliphatic rings. The van der Waals surface area contributed by atoms with E-state index in [1.807, 2.05) is 24.3 Å². The Bertz CT molecular complexity index is 610. The molecule has 1 aromatic carbocycles. The van der Waals surface area contributed by atoms with Gasteiger partial charge >= 0.3 is 0 Å². The highest BCUT2D eigenvalue weighted by atomic mass is 16.5. The summed E-state index contributed by atoms with van der Waals surface area (Å²) in [6.07, 6.45) is 3.68. The zero-order chi connectivity index (χ0) is 20.2. The molecule has 0 unspecified atom stereocenters. The maximum atomic E-state index is 12.0. The molecule has 0 radical (unpaired) electrons. The molecular weight excluding hydrogens is 354 g/mol. The number of ether oxygens (including phenoxy) is 1. The maximum absolute atomic E-state index is 12.0. The van der Waals surface area contributed by atoms with Gasteiger partial charge in [-0.05, 0) is 62.5 Å². The summed E-state index contributed by atoms with van der Waals surface area (Å²) < 4.78 is 5.13. The van der Waals surface area contributed by atoms with Crippen molar-refractivity contribution in [2.75, 3.05) is 46.9 Å². The van der Waals surface area contributed by atoms with E-state index in [9.17, 15) is 4.79 Å². The van der Waals surface area contributed by atoms with Gasteiger partial charge in [-0.15, -0.1) is 0 Å². The van der Waals surface area contributed by atoms with Gasteiger partial charge in [-0.2, -0.15) is 0 Å². The topological polar surface area (TPSA) is 78.0 Å². The van der Waals surface area contributed by atoms with Crippen LogP contribution in [0.1, 0.15) is 31.7 Å². The largest absolute Gasteiger partial charge is 0.497 e. The highest BCUT2D eigenvalue weighted by Crippen LogP contribution is 2.15. The van der Waals surface area contributed by atoms with Crippen molar-refractivity contribution < 1.29 is 9.53 Å². The van der Waals surface area contributed by atoms with Crippen LogP contribution in [0, 0.1) is 5.92 Å². The number of carbonyl (C=O) groups excluding carboxylic acids is 1. The van der Waals surface area contributed by atoms with Gasteiger partial charge in [-0.25, -0.2) is 0 Å². The van der Waals surface area contributed by atoms with Crippen LogP contribution in [-0.4, -0.2) is 63.6 Å². The zero-order valence-corrected chi connectivity index (χ0v) is 17.5. The summed E-state index contributed by atoms with van der Waals surface area (Å²) in [5.74, 6) is 2.27. The van der Waals surface area contributed by atoms with Crippen molar-refractivity contribution in [2.45, 2.75) is 32.7 Å². The number of nitrogens with one attached hydrogen (secondary N) is 3. The number of methoxy groups -OCH3 is 1. The minimum Gasteiger partial charge on any atom is -0.497 e. The fraction of sp³-hybridized carbons (Fsp3) is 0.619. The van der Waals surface area contributed by atoms with Crippen LogP contribution in [0.2, 0.25) is 0 Å². The SMILES string of the molecule is CN=C(NCCCN1CCC(C)CC1)NCC(=O)NCc1ccc(OC)cc1. The van der Waals surface area contributed by atoms with Crippen LogP contribution in [-0.2, 0) is 11.3 Å². The molecule has 1 amide bonds. The Hall–Kier alpha value is -2.28. The molecule has 0 saturated carbocycles. The quantitative estimate of drug-likeness (QED) is 0.340. The van der Waals surface area contributed by atoms with E-state index in [0.717, 1.165) is 36.7 Å². The molecule has 1 heterocycles. The Morgan fingerprint density at radius 1 is 1.18 bits per heavy atom. The van der Waals surface area contributed by atoms with E-state index >= 15 is 0 Å². The van der Waals surface area contributed by atoms with Gasteiger partial charge in [-0.1, -0.05) is 19.1 Å². The number of likely N-dealkylation sites (tertiary alicyclic amines) is 1. The van der Waals surface area contributed by atoms with Crippen molar-refractivity contribution in [2.24, 2.45) is 10.9 Å². The number of benzene rings is 1. The summed E-state index contributed by atoms with van der Waals surface area (Å²) in [5.41, 5.74) is 1.03. The van der Waals surface area contributed by atoms with Gasteiger partial charge in [0, 0.05) is 20.1 Å². The van der Waals surface area contributed by atoms with Gasteiger partial charge < -0.3 is 25.6 Å². The van der Waals surface area contributed by atoms with E-state index < -0.39 is 0 Å². The number of aliphatic imine (C=N–C) groups is 1. The summed E-state index contributed by atoms with van der Waals surface area (Å²) in [5, 5.41) is 9.24. The van der Waals surface area contributed by atoms with E-state index in [1.165, 1.54) is 25.9 Å². The predicted octanol–water partition coefficient (Wildman–Crippen LogP) is 1.60. The van der Waals surface area contributed by atoms with Crippen LogP contribution in [0.4, 0.5) is 0 Å². The van der Waals surface area contributed by atoms with Crippen LogP contribution >= 0.6 is 0 Å².